The van der Waals surface area contributed by atoms with Gasteiger partial charge in [-0.3, -0.25) is 25.0 Å². The van der Waals surface area contributed by atoms with Crippen LogP contribution in [-0.4, -0.2) is 22.0 Å². The fraction of sp³-hybridized carbons (Fsp3) is 0.0435. The Hall–Kier alpha value is -4.58. The second kappa shape index (κ2) is 10.1. The quantitative estimate of drug-likeness (QED) is 0.180. The van der Waals surface area contributed by atoms with Gasteiger partial charge in [-0.05, 0) is 69.5 Å². The van der Waals surface area contributed by atoms with Gasteiger partial charge in [0.2, 0.25) is 0 Å². The topological polar surface area (TPSA) is 150 Å². The second-order valence-electron chi connectivity index (χ2n) is 7.19. The number of halogens is 1. The van der Waals surface area contributed by atoms with Crippen LogP contribution in [0.3, 0.4) is 0 Å². The van der Waals surface area contributed by atoms with E-state index in [1.165, 1.54) is 42.6 Å². The normalized spacial score (nSPS) is 11.0. The predicted molar refractivity (Wildman–Crippen MR) is 129 cm³/mol. The lowest BCUT2D eigenvalue weighted by atomic mass is 10.2. The van der Waals surface area contributed by atoms with Crippen LogP contribution in [0.5, 0.6) is 5.75 Å². The number of rotatable bonds is 8. The van der Waals surface area contributed by atoms with Gasteiger partial charge in [-0.1, -0.05) is 0 Å². The summed E-state index contributed by atoms with van der Waals surface area (Å²) in [6, 6.07) is 16.7. The average Bonchev–Trinajstić information content (AvgIpc) is 3.27. The smallest absolute Gasteiger partial charge is 0.307 e. The molecule has 176 valence electrons. The van der Waals surface area contributed by atoms with E-state index >= 15 is 0 Å². The summed E-state index contributed by atoms with van der Waals surface area (Å²) in [7, 11) is 0. The van der Waals surface area contributed by atoms with Crippen LogP contribution in [0, 0.1) is 20.2 Å². The number of non-ortho nitro benzene ring substituents is 2. The van der Waals surface area contributed by atoms with Gasteiger partial charge in [-0.15, -0.1) is 0 Å². The number of carbonyl (C=O) groups is 1. The summed E-state index contributed by atoms with van der Waals surface area (Å²) in [6.45, 7) is 0.223. The van der Waals surface area contributed by atoms with Gasteiger partial charge in [-0.25, -0.2) is 5.43 Å². The number of nitro benzene ring substituents is 2. The highest BCUT2D eigenvalue weighted by atomic mass is 79.9. The molecule has 0 bridgehead atoms. The molecule has 0 aliphatic heterocycles. The number of benzene rings is 3. The van der Waals surface area contributed by atoms with Crippen molar-refractivity contribution in [1.82, 2.24) is 5.43 Å². The summed E-state index contributed by atoms with van der Waals surface area (Å²) in [6.07, 6.45) is 1.43. The minimum absolute atomic E-state index is 0.00922. The number of carbonyl (C=O) groups excluding carboxylic acids is 1. The summed E-state index contributed by atoms with van der Waals surface area (Å²) in [5.41, 5.74) is 4.04. The number of fused-ring (bicyclic) bond motifs is 1. The molecule has 11 nitrogen and oxygen atoms in total. The predicted octanol–water partition coefficient (Wildman–Crippen LogP) is 5.35. The first kappa shape index (κ1) is 23.6. The van der Waals surface area contributed by atoms with Crippen LogP contribution < -0.4 is 10.2 Å². The third-order valence-corrected chi connectivity index (χ3v) is 5.43. The van der Waals surface area contributed by atoms with Gasteiger partial charge in [0, 0.05) is 29.7 Å². The van der Waals surface area contributed by atoms with Crippen LogP contribution in [0.2, 0.25) is 0 Å². The Morgan fingerprint density at radius 2 is 1.71 bits per heavy atom. The minimum atomic E-state index is -0.609. The van der Waals surface area contributed by atoms with E-state index in [9.17, 15) is 25.0 Å². The third-order valence-electron chi connectivity index (χ3n) is 4.81. The molecular weight excluding hydrogens is 524 g/mol. The molecule has 1 aromatic heterocycles. The van der Waals surface area contributed by atoms with Crippen molar-refractivity contribution in [1.29, 1.82) is 0 Å². The molecule has 0 radical (unpaired) electrons. The van der Waals surface area contributed by atoms with Gasteiger partial charge in [0.05, 0.1) is 20.5 Å². The van der Waals surface area contributed by atoms with E-state index in [-0.39, 0.29) is 23.7 Å². The molecule has 1 amide bonds. The van der Waals surface area contributed by atoms with E-state index in [0.717, 1.165) is 5.56 Å². The van der Waals surface area contributed by atoms with Gasteiger partial charge < -0.3 is 9.15 Å². The molecule has 0 saturated carbocycles. The summed E-state index contributed by atoms with van der Waals surface area (Å²) in [4.78, 5) is 32.9. The molecule has 1 N–H and O–H groups in total. The molecule has 0 atom stereocenters. The Balaban J connectivity index is 1.35. The fourth-order valence-electron chi connectivity index (χ4n) is 3.07. The lowest BCUT2D eigenvalue weighted by molar-refractivity contribution is -0.385. The summed E-state index contributed by atoms with van der Waals surface area (Å²) in [5, 5.41) is 26.0. The van der Waals surface area contributed by atoms with Gasteiger partial charge >= 0.3 is 5.91 Å². The van der Waals surface area contributed by atoms with Crippen molar-refractivity contribution in [3.05, 3.63) is 108 Å². The van der Waals surface area contributed by atoms with Crippen molar-refractivity contribution in [2.24, 2.45) is 5.10 Å². The largest absolute Gasteiger partial charge is 0.488 e. The number of furan rings is 1. The Morgan fingerprint density at radius 3 is 2.40 bits per heavy atom. The summed E-state index contributed by atoms with van der Waals surface area (Å²) >= 11 is 3.42. The lowest BCUT2D eigenvalue weighted by Gasteiger charge is -2.09. The van der Waals surface area contributed by atoms with Crippen LogP contribution in [-0.2, 0) is 6.61 Å². The molecule has 0 fully saturated rings. The Labute approximate surface area is 205 Å². The maximum absolute atomic E-state index is 12.3. The number of amides is 1. The van der Waals surface area contributed by atoms with Crippen molar-refractivity contribution < 1.29 is 23.8 Å². The molecule has 0 aliphatic rings. The number of hydrazone groups is 1. The lowest BCUT2D eigenvalue weighted by Crippen LogP contribution is -2.16. The molecule has 12 heteroatoms. The number of nitrogens with one attached hydrogen (secondary N) is 1. The Bertz CT molecular complexity index is 1460. The monoisotopic (exact) mass is 538 g/mol. The molecule has 3 aromatic carbocycles. The Kier molecular flexibility index (Phi) is 6.83. The van der Waals surface area contributed by atoms with Gasteiger partial charge in [0.25, 0.3) is 11.4 Å². The van der Waals surface area contributed by atoms with E-state index in [0.29, 0.717) is 26.8 Å². The van der Waals surface area contributed by atoms with Crippen LogP contribution in [0.4, 0.5) is 11.4 Å². The van der Waals surface area contributed by atoms with Crippen molar-refractivity contribution >= 4 is 50.4 Å². The molecular formula is C23H15BrN4O7. The van der Waals surface area contributed by atoms with E-state index < -0.39 is 15.8 Å². The highest BCUT2D eigenvalue weighted by Gasteiger charge is 2.14. The molecule has 0 aliphatic carbocycles. The maximum Gasteiger partial charge on any atom is 0.307 e. The summed E-state index contributed by atoms with van der Waals surface area (Å²) < 4.78 is 11.8. The molecule has 0 unspecified atom stereocenters. The zero-order valence-corrected chi connectivity index (χ0v) is 19.3. The number of nitro groups is 2. The molecule has 1 heterocycles. The van der Waals surface area contributed by atoms with Crippen LogP contribution in [0.15, 0.2) is 80.7 Å². The first-order valence-corrected chi connectivity index (χ1v) is 10.8. The Morgan fingerprint density at radius 1 is 1.00 bits per heavy atom. The SMILES string of the molecule is O=C(N/N=C/c1ccc(OCc2ccc([N+](=O)[O-])cc2)c(Br)c1)c1cc2cc([N+](=O)[O-])ccc2o1. The fourth-order valence-corrected chi connectivity index (χ4v) is 3.58. The molecule has 4 rings (SSSR count). The van der Waals surface area contributed by atoms with Crippen molar-refractivity contribution in [3.8, 4) is 5.75 Å². The van der Waals surface area contributed by atoms with Crippen LogP contribution in [0.1, 0.15) is 21.7 Å². The standard InChI is InChI=1S/C23H15BrN4O7/c24-19-9-15(3-7-21(19)34-13-14-1-4-17(5-2-14)27(30)31)12-25-26-23(29)22-11-16-10-18(28(32)33)6-8-20(16)35-22/h1-12H,13H2,(H,26,29)/b25-12+. The van der Waals surface area contributed by atoms with Gasteiger partial charge in [0.15, 0.2) is 5.76 Å². The van der Waals surface area contributed by atoms with Crippen LogP contribution >= 0.6 is 15.9 Å². The third kappa shape index (κ3) is 5.68. The van der Waals surface area contributed by atoms with E-state index in [1.54, 1.807) is 30.3 Å². The van der Waals surface area contributed by atoms with Crippen molar-refractivity contribution in [3.63, 3.8) is 0 Å². The van der Waals surface area contributed by atoms with E-state index in [1.807, 2.05) is 0 Å². The molecule has 4 aromatic rings. The average molecular weight is 539 g/mol. The van der Waals surface area contributed by atoms with Crippen LogP contribution in [0.25, 0.3) is 11.0 Å². The van der Waals surface area contributed by atoms with Gasteiger partial charge in [-0.2, -0.15) is 5.10 Å². The first-order valence-electron chi connectivity index (χ1n) is 9.97. The number of hydrogen-bond donors (Lipinski definition) is 1. The summed E-state index contributed by atoms with van der Waals surface area (Å²) in [5.74, 6) is -0.0862. The highest BCUT2D eigenvalue weighted by Crippen LogP contribution is 2.27. The van der Waals surface area contributed by atoms with Gasteiger partial charge in [0.1, 0.15) is 17.9 Å². The highest BCUT2D eigenvalue weighted by molar-refractivity contribution is 9.10. The number of ether oxygens (including phenoxy) is 1. The number of hydrogen-bond acceptors (Lipinski definition) is 8. The second-order valence-corrected chi connectivity index (χ2v) is 8.05. The molecule has 0 spiro atoms. The number of nitrogens with zero attached hydrogens (tertiary/aromatic N) is 3. The minimum Gasteiger partial charge on any atom is -0.488 e. The zero-order valence-electron chi connectivity index (χ0n) is 17.7. The zero-order chi connectivity index (χ0) is 24.9. The van der Waals surface area contributed by atoms with E-state index in [4.69, 9.17) is 9.15 Å². The van der Waals surface area contributed by atoms with E-state index in [2.05, 4.69) is 26.5 Å². The maximum atomic E-state index is 12.3. The van der Waals surface area contributed by atoms with Crippen molar-refractivity contribution in [2.75, 3.05) is 0 Å². The first-order chi connectivity index (χ1) is 16.8. The van der Waals surface area contributed by atoms with Crippen molar-refractivity contribution in [2.45, 2.75) is 6.61 Å². The molecule has 0 saturated heterocycles. The molecule has 35 heavy (non-hydrogen) atoms.